The van der Waals surface area contributed by atoms with E-state index in [4.69, 9.17) is 4.74 Å². The van der Waals surface area contributed by atoms with Gasteiger partial charge in [0.25, 0.3) is 0 Å². The largest absolute Gasteiger partial charge is 0.455 e. The molecule has 0 aromatic carbocycles. The molecule has 0 radical (unpaired) electrons. The fourth-order valence-corrected chi connectivity index (χ4v) is 2.39. The molecule has 0 saturated carbocycles. The number of esters is 1. The van der Waals surface area contributed by atoms with Gasteiger partial charge in [-0.2, -0.15) is 0 Å². The minimum absolute atomic E-state index is 0.253. The van der Waals surface area contributed by atoms with Gasteiger partial charge >= 0.3 is 5.97 Å². The van der Waals surface area contributed by atoms with Gasteiger partial charge in [-0.05, 0) is 52.5 Å². The normalized spacial score (nSPS) is 14.7. The molecule has 0 saturated heterocycles. The molecule has 1 N–H and O–H groups in total. The van der Waals surface area contributed by atoms with Crippen molar-refractivity contribution in [1.29, 1.82) is 0 Å². The molecule has 2 unspecified atom stereocenters. The van der Waals surface area contributed by atoms with Gasteiger partial charge in [0.1, 0.15) is 5.60 Å². The summed E-state index contributed by atoms with van der Waals surface area (Å²) in [5.41, 5.74) is 0.628. The molecule has 0 amide bonds. The summed E-state index contributed by atoms with van der Waals surface area (Å²) in [5.74, 6) is -0.253. The number of rotatable bonds is 13. The monoisotopic (exact) mass is 324 g/mol. The molecule has 23 heavy (non-hydrogen) atoms. The predicted molar refractivity (Wildman–Crippen MR) is 97.4 cm³/mol. The first-order valence-corrected chi connectivity index (χ1v) is 9.00. The number of aliphatic hydroxyl groups is 1. The van der Waals surface area contributed by atoms with Crippen LogP contribution in [0, 0.1) is 0 Å². The third-order valence-electron chi connectivity index (χ3n) is 4.04. The molecule has 2 atom stereocenters. The highest BCUT2D eigenvalue weighted by atomic mass is 16.6. The summed E-state index contributed by atoms with van der Waals surface area (Å²) >= 11 is 0. The Morgan fingerprint density at radius 2 is 1.96 bits per heavy atom. The van der Waals surface area contributed by atoms with Crippen molar-refractivity contribution >= 4 is 5.97 Å². The standard InChI is InChI=1S/C20H36O3/c1-6-8-9-10-13-18(21)14-15-19(22)23-20(5,7-2)16-11-12-17(3)4/h7,12,18,21H,2,6,8-11,13-16H2,1,3-5H3. The van der Waals surface area contributed by atoms with E-state index in [0.717, 1.165) is 32.1 Å². The number of unbranched alkanes of at least 4 members (excludes halogenated alkanes) is 3. The van der Waals surface area contributed by atoms with Crippen LogP contribution in [-0.4, -0.2) is 22.8 Å². The number of aliphatic hydroxyl groups excluding tert-OH is 1. The second kappa shape index (κ2) is 12.3. The quantitative estimate of drug-likeness (QED) is 0.283. The third-order valence-corrected chi connectivity index (χ3v) is 4.04. The van der Waals surface area contributed by atoms with E-state index < -0.39 is 11.7 Å². The molecular formula is C20H36O3. The van der Waals surface area contributed by atoms with E-state index in [1.165, 1.54) is 18.4 Å². The van der Waals surface area contributed by atoms with Crippen LogP contribution in [0.1, 0.15) is 85.5 Å². The van der Waals surface area contributed by atoms with Gasteiger partial charge in [0.15, 0.2) is 0 Å². The number of carbonyl (C=O) groups excluding carboxylic acids is 1. The van der Waals surface area contributed by atoms with Crippen molar-refractivity contribution in [2.75, 3.05) is 0 Å². The van der Waals surface area contributed by atoms with Crippen LogP contribution in [0.3, 0.4) is 0 Å². The van der Waals surface area contributed by atoms with E-state index >= 15 is 0 Å². The highest BCUT2D eigenvalue weighted by molar-refractivity contribution is 5.70. The minimum Gasteiger partial charge on any atom is -0.455 e. The van der Waals surface area contributed by atoms with E-state index in [2.05, 4.69) is 33.4 Å². The number of ether oxygens (including phenoxy) is 1. The first-order chi connectivity index (χ1) is 10.8. The second-order valence-electron chi connectivity index (χ2n) is 6.85. The summed E-state index contributed by atoms with van der Waals surface area (Å²) in [7, 11) is 0. The topological polar surface area (TPSA) is 46.5 Å². The first-order valence-electron chi connectivity index (χ1n) is 9.00. The summed E-state index contributed by atoms with van der Waals surface area (Å²) in [6, 6.07) is 0. The molecule has 3 nitrogen and oxygen atoms in total. The van der Waals surface area contributed by atoms with Crippen molar-refractivity contribution in [3.63, 3.8) is 0 Å². The van der Waals surface area contributed by atoms with Gasteiger partial charge in [0, 0.05) is 6.42 Å². The van der Waals surface area contributed by atoms with Crippen LogP contribution in [0.2, 0.25) is 0 Å². The number of hydrogen-bond acceptors (Lipinski definition) is 3. The SMILES string of the molecule is C=CC(C)(CCC=C(C)C)OC(=O)CCC(O)CCCCCC. The van der Waals surface area contributed by atoms with Gasteiger partial charge in [-0.15, -0.1) is 0 Å². The van der Waals surface area contributed by atoms with Gasteiger partial charge in [-0.1, -0.05) is 50.8 Å². The Balaban J connectivity index is 4.09. The fourth-order valence-electron chi connectivity index (χ4n) is 2.39. The van der Waals surface area contributed by atoms with Crippen molar-refractivity contribution < 1.29 is 14.6 Å². The Kier molecular flexibility index (Phi) is 11.8. The lowest BCUT2D eigenvalue weighted by Crippen LogP contribution is -2.29. The van der Waals surface area contributed by atoms with E-state index in [-0.39, 0.29) is 12.4 Å². The molecule has 0 heterocycles. The van der Waals surface area contributed by atoms with Crippen LogP contribution in [0.4, 0.5) is 0 Å². The summed E-state index contributed by atoms with van der Waals surface area (Å²) in [6.07, 6.45) is 11.1. The average Bonchev–Trinajstić information content (AvgIpc) is 2.49. The third kappa shape index (κ3) is 12.1. The van der Waals surface area contributed by atoms with Crippen LogP contribution in [0.25, 0.3) is 0 Å². The van der Waals surface area contributed by atoms with Crippen LogP contribution in [0.15, 0.2) is 24.3 Å². The highest BCUT2D eigenvalue weighted by Gasteiger charge is 2.24. The van der Waals surface area contributed by atoms with E-state index in [1.807, 2.05) is 6.92 Å². The van der Waals surface area contributed by atoms with E-state index in [1.54, 1.807) is 6.08 Å². The summed E-state index contributed by atoms with van der Waals surface area (Å²) < 4.78 is 5.57. The Labute approximate surface area is 142 Å². The number of carbonyl (C=O) groups is 1. The molecule has 3 heteroatoms. The Morgan fingerprint density at radius 3 is 2.52 bits per heavy atom. The van der Waals surface area contributed by atoms with Gasteiger partial charge < -0.3 is 9.84 Å². The molecule has 0 aromatic rings. The van der Waals surface area contributed by atoms with Gasteiger partial charge in [-0.3, -0.25) is 4.79 Å². The van der Waals surface area contributed by atoms with Crippen molar-refractivity contribution in [2.24, 2.45) is 0 Å². The summed E-state index contributed by atoms with van der Waals surface area (Å²) in [5, 5.41) is 9.92. The lowest BCUT2D eigenvalue weighted by atomic mass is 9.99. The van der Waals surface area contributed by atoms with Gasteiger partial charge in [0.2, 0.25) is 0 Å². The summed E-state index contributed by atoms with van der Waals surface area (Å²) in [4.78, 5) is 12.0. The Hall–Kier alpha value is -1.09. The molecule has 0 aromatic heterocycles. The van der Waals surface area contributed by atoms with Crippen molar-refractivity contribution in [2.45, 2.75) is 97.2 Å². The molecule has 0 aliphatic heterocycles. The zero-order valence-corrected chi connectivity index (χ0v) is 15.6. The maximum absolute atomic E-state index is 12.0. The lowest BCUT2D eigenvalue weighted by Gasteiger charge is -2.26. The second-order valence-corrected chi connectivity index (χ2v) is 6.85. The maximum Gasteiger partial charge on any atom is 0.306 e. The van der Waals surface area contributed by atoms with E-state index in [0.29, 0.717) is 6.42 Å². The molecule has 0 rings (SSSR count). The Bertz CT molecular complexity index is 369. The van der Waals surface area contributed by atoms with Crippen molar-refractivity contribution in [3.8, 4) is 0 Å². The minimum atomic E-state index is -0.630. The maximum atomic E-state index is 12.0. The Morgan fingerprint density at radius 1 is 1.26 bits per heavy atom. The van der Waals surface area contributed by atoms with Crippen LogP contribution >= 0.6 is 0 Å². The smallest absolute Gasteiger partial charge is 0.306 e. The van der Waals surface area contributed by atoms with Crippen LogP contribution in [-0.2, 0) is 9.53 Å². The first kappa shape index (κ1) is 21.9. The van der Waals surface area contributed by atoms with Gasteiger partial charge in [-0.25, -0.2) is 0 Å². The van der Waals surface area contributed by atoms with Crippen LogP contribution < -0.4 is 0 Å². The zero-order chi connectivity index (χ0) is 17.7. The molecule has 0 aliphatic carbocycles. The molecule has 0 aliphatic rings. The fraction of sp³-hybridized carbons (Fsp3) is 0.750. The zero-order valence-electron chi connectivity index (χ0n) is 15.6. The molecular weight excluding hydrogens is 288 g/mol. The van der Waals surface area contributed by atoms with Gasteiger partial charge in [0.05, 0.1) is 6.10 Å². The number of hydrogen-bond donors (Lipinski definition) is 1. The summed E-state index contributed by atoms with van der Waals surface area (Å²) in [6.45, 7) is 12.0. The van der Waals surface area contributed by atoms with E-state index in [9.17, 15) is 9.90 Å². The highest BCUT2D eigenvalue weighted by Crippen LogP contribution is 2.21. The van der Waals surface area contributed by atoms with Crippen LogP contribution in [0.5, 0.6) is 0 Å². The molecule has 134 valence electrons. The average molecular weight is 325 g/mol. The number of allylic oxidation sites excluding steroid dienone is 2. The predicted octanol–water partition coefficient (Wildman–Crippen LogP) is 5.33. The molecule has 0 spiro atoms. The van der Waals surface area contributed by atoms with Crippen molar-refractivity contribution in [1.82, 2.24) is 0 Å². The molecule has 0 fully saturated rings. The lowest BCUT2D eigenvalue weighted by molar-refractivity contribution is -0.154. The van der Waals surface area contributed by atoms with Crippen molar-refractivity contribution in [3.05, 3.63) is 24.3 Å². The molecule has 0 bridgehead atoms.